The van der Waals surface area contributed by atoms with Crippen LogP contribution >= 0.6 is 11.6 Å². The molecule has 1 aliphatic rings. The number of benzene rings is 1. The van der Waals surface area contributed by atoms with Crippen LogP contribution in [0.15, 0.2) is 28.7 Å². The fraction of sp³-hybridized carbons (Fsp3) is 0.333. The molecule has 1 N–H and O–H groups in total. The number of aliphatic hydroxyl groups is 1. The van der Waals surface area contributed by atoms with Crippen LogP contribution in [0, 0.1) is 5.92 Å². The third kappa shape index (κ3) is 1.64. The highest BCUT2D eigenvalue weighted by atomic mass is 35.5. The first-order chi connectivity index (χ1) is 7.24. The fourth-order valence-corrected chi connectivity index (χ4v) is 2.01. The van der Waals surface area contributed by atoms with Crippen LogP contribution in [-0.4, -0.2) is 5.11 Å². The molecule has 0 amide bonds. The lowest BCUT2D eigenvalue weighted by atomic mass is 10.1. The zero-order valence-electron chi connectivity index (χ0n) is 8.11. The molecule has 15 heavy (non-hydrogen) atoms. The third-order valence-electron chi connectivity index (χ3n) is 2.86. The molecule has 1 fully saturated rings. The van der Waals surface area contributed by atoms with Gasteiger partial charge in [0.1, 0.15) is 17.4 Å². The van der Waals surface area contributed by atoms with Crippen molar-refractivity contribution in [1.82, 2.24) is 0 Å². The minimum Gasteiger partial charge on any atom is -0.458 e. The van der Waals surface area contributed by atoms with Crippen LogP contribution in [0.1, 0.15) is 24.7 Å². The average Bonchev–Trinajstić information content (AvgIpc) is 2.97. The monoisotopic (exact) mass is 222 g/mol. The third-order valence-corrected chi connectivity index (χ3v) is 3.09. The van der Waals surface area contributed by atoms with Gasteiger partial charge in [-0.3, -0.25) is 0 Å². The summed E-state index contributed by atoms with van der Waals surface area (Å²) in [5.74, 6) is 1.05. The van der Waals surface area contributed by atoms with Gasteiger partial charge in [-0.1, -0.05) is 11.6 Å². The highest BCUT2D eigenvalue weighted by Gasteiger charge is 2.32. The topological polar surface area (TPSA) is 33.4 Å². The summed E-state index contributed by atoms with van der Waals surface area (Å²) in [6.07, 6.45) is 1.74. The molecule has 0 spiro atoms. The molecule has 0 aliphatic heterocycles. The summed E-state index contributed by atoms with van der Waals surface area (Å²) in [7, 11) is 0. The number of hydrogen-bond acceptors (Lipinski definition) is 2. The molecule has 1 saturated carbocycles. The van der Waals surface area contributed by atoms with Crippen molar-refractivity contribution in [3.05, 3.63) is 35.0 Å². The van der Waals surface area contributed by atoms with Gasteiger partial charge in [0.2, 0.25) is 0 Å². The number of rotatable bonds is 2. The van der Waals surface area contributed by atoms with Crippen LogP contribution in [0.25, 0.3) is 11.0 Å². The molecule has 1 aromatic heterocycles. The van der Waals surface area contributed by atoms with Crippen molar-refractivity contribution < 1.29 is 9.52 Å². The summed E-state index contributed by atoms with van der Waals surface area (Å²) in [6, 6.07) is 7.36. The van der Waals surface area contributed by atoms with Crippen molar-refractivity contribution in [2.75, 3.05) is 0 Å². The van der Waals surface area contributed by atoms with Gasteiger partial charge < -0.3 is 9.52 Å². The van der Waals surface area contributed by atoms with Gasteiger partial charge in [-0.05, 0) is 43.0 Å². The maximum Gasteiger partial charge on any atom is 0.134 e. The molecule has 0 radical (unpaired) electrons. The summed E-state index contributed by atoms with van der Waals surface area (Å²) < 4.78 is 5.58. The van der Waals surface area contributed by atoms with Gasteiger partial charge in [-0.15, -0.1) is 0 Å². The Morgan fingerprint density at radius 1 is 1.33 bits per heavy atom. The van der Waals surface area contributed by atoms with Crippen LogP contribution in [0.2, 0.25) is 5.02 Å². The second-order valence-corrected chi connectivity index (χ2v) is 4.55. The zero-order chi connectivity index (χ0) is 10.4. The summed E-state index contributed by atoms with van der Waals surface area (Å²) in [6.45, 7) is 0. The number of furan rings is 1. The Balaban J connectivity index is 2.05. The summed E-state index contributed by atoms with van der Waals surface area (Å²) in [5, 5.41) is 11.6. The molecule has 2 nitrogen and oxygen atoms in total. The predicted octanol–water partition coefficient (Wildman–Crippen LogP) is 3.53. The van der Waals surface area contributed by atoms with E-state index in [0.29, 0.717) is 16.7 Å². The van der Waals surface area contributed by atoms with E-state index in [4.69, 9.17) is 16.0 Å². The minimum absolute atomic E-state index is 0.390. The molecular formula is C12H11ClO2. The van der Waals surface area contributed by atoms with Crippen LogP contribution in [0.5, 0.6) is 0 Å². The standard InChI is InChI=1S/C12H11ClO2/c13-9-3-4-10-8(5-9)6-11(15-10)12(14)7-1-2-7/h3-7,12,14H,1-2H2. The van der Waals surface area contributed by atoms with Gasteiger partial charge in [0.05, 0.1) is 0 Å². The second-order valence-electron chi connectivity index (χ2n) is 4.11. The van der Waals surface area contributed by atoms with Crippen LogP contribution in [0.3, 0.4) is 0 Å². The van der Waals surface area contributed by atoms with Crippen molar-refractivity contribution >= 4 is 22.6 Å². The fourth-order valence-electron chi connectivity index (χ4n) is 1.82. The van der Waals surface area contributed by atoms with Gasteiger partial charge in [-0.25, -0.2) is 0 Å². The Kier molecular flexibility index (Phi) is 2.01. The Hall–Kier alpha value is -0.990. The van der Waals surface area contributed by atoms with Gasteiger partial charge >= 0.3 is 0 Å². The van der Waals surface area contributed by atoms with E-state index in [1.165, 1.54) is 0 Å². The highest BCUT2D eigenvalue weighted by Crippen LogP contribution is 2.42. The molecular weight excluding hydrogens is 212 g/mol. The van der Waals surface area contributed by atoms with Crippen LogP contribution in [-0.2, 0) is 0 Å². The first-order valence-electron chi connectivity index (χ1n) is 5.11. The SMILES string of the molecule is OC(c1cc2cc(Cl)ccc2o1)C1CC1. The maximum atomic E-state index is 9.90. The van der Waals surface area contributed by atoms with E-state index in [1.54, 1.807) is 6.07 Å². The normalized spacial score (nSPS) is 18.3. The van der Waals surface area contributed by atoms with Crippen LogP contribution < -0.4 is 0 Å². The molecule has 1 unspecified atom stereocenters. The first-order valence-corrected chi connectivity index (χ1v) is 5.49. The summed E-state index contributed by atoms with van der Waals surface area (Å²) >= 11 is 5.88. The Labute approximate surface area is 92.5 Å². The van der Waals surface area contributed by atoms with E-state index >= 15 is 0 Å². The van der Waals surface area contributed by atoms with Crippen molar-refractivity contribution in [2.45, 2.75) is 18.9 Å². The Morgan fingerprint density at radius 3 is 2.87 bits per heavy atom. The maximum absolute atomic E-state index is 9.90. The molecule has 1 atom stereocenters. The van der Waals surface area contributed by atoms with Gasteiger partial charge in [0, 0.05) is 10.4 Å². The second kappa shape index (κ2) is 3.26. The molecule has 2 aromatic rings. The molecule has 1 aliphatic carbocycles. The van der Waals surface area contributed by atoms with E-state index in [0.717, 1.165) is 23.8 Å². The lowest BCUT2D eigenvalue weighted by Gasteiger charge is -2.03. The van der Waals surface area contributed by atoms with E-state index < -0.39 is 6.10 Å². The number of hydrogen-bond donors (Lipinski definition) is 1. The van der Waals surface area contributed by atoms with Gasteiger partial charge in [-0.2, -0.15) is 0 Å². The van der Waals surface area contributed by atoms with Crippen molar-refractivity contribution in [3.63, 3.8) is 0 Å². The van der Waals surface area contributed by atoms with Crippen molar-refractivity contribution in [2.24, 2.45) is 5.92 Å². The first kappa shape index (κ1) is 9.25. The number of halogens is 1. The smallest absolute Gasteiger partial charge is 0.134 e. The molecule has 3 rings (SSSR count). The summed E-state index contributed by atoms with van der Waals surface area (Å²) in [4.78, 5) is 0. The largest absolute Gasteiger partial charge is 0.458 e. The Bertz CT molecular complexity index is 499. The molecule has 78 valence electrons. The number of aliphatic hydroxyl groups excluding tert-OH is 1. The van der Waals surface area contributed by atoms with E-state index in [2.05, 4.69) is 0 Å². The molecule has 0 saturated heterocycles. The minimum atomic E-state index is -0.448. The Morgan fingerprint density at radius 2 is 2.13 bits per heavy atom. The number of fused-ring (bicyclic) bond motifs is 1. The van der Waals surface area contributed by atoms with Gasteiger partial charge in [0.15, 0.2) is 0 Å². The summed E-state index contributed by atoms with van der Waals surface area (Å²) in [5.41, 5.74) is 0.786. The van der Waals surface area contributed by atoms with E-state index in [-0.39, 0.29) is 0 Å². The average molecular weight is 223 g/mol. The lowest BCUT2D eigenvalue weighted by molar-refractivity contribution is 0.129. The quantitative estimate of drug-likeness (QED) is 0.843. The van der Waals surface area contributed by atoms with Crippen molar-refractivity contribution in [3.8, 4) is 0 Å². The molecule has 1 heterocycles. The van der Waals surface area contributed by atoms with E-state index in [1.807, 2.05) is 18.2 Å². The van der Waals surface area contributed by atoms with Gasteiger partial charge in [0.25, 0.3) is 0 Å². The van der Waals surface area contributed by atoms with Crippen LogP contribution in [0.4, 0.5) is 0 Å². The molecule has 3 heteroatoms. The molecule has 0 bridgehead atoms. The highest BCUT2D eigenvalue weighted by molar-refractivity contribution is 6.31. The zero-order valence-corrected chi connectivity index (χ0v) is 8.87. The molecule has 1 aromatic carbocycles. The lowest BCUT2D eigenvalue weighted by Crippen LogP contribution is -1.96. The van der Waals surface area contributed by atoms with Crippen molar-refractivity contribution in [1.29, 1.82) is 0 Å². The predicted molar refractivity (Wildman–Crippen MR) is 58.9 cm³/mol. The van der Waals surface area contributed by atoms with E-state index in [9.17, 15) is 5.11 Å².